The van der Waals surface area contributed by atoms with E-state index in [-0.39, 0.29) is 0 Å². The van der Waals surface area contributed by atoms with Crippen LogP contribution in [-0.2, 0) is 11.2 Å². The summed E-state index contributed by atoms with van der Waals surface area (Å²) in [5.41, 5.74) is 6.17. The Morgan fingerprint density at radius 2 is 2.00 bits per heavy atom. The highest BCUT2D eigenvalue weighted by Gasteiger charge is 2.30. The van der Waals surface area contributed by atoms with Crippen LogP contribution in [0.4, 0.5) is 0 Å². The molecular formula is C22H22N2O5. The number of fused-ring (bicyclic) bond motifs is 2. The van der Waals surface area contributed by atoms with Gasteiger partial charge in [-0.2, -0.15) is 0 Å². The van der Waals surface area contributed by atoms with Crippen molar-refractivity contribution in [2.24, 2.45) is 5.73 Å². The van der Waals surface area contributed by atoms with Crippen molar-refractivity contribution in [1.29, 1.82) is 0 Å². The fourth-order valence-electron chi connectivity index (χ4n) is 3.35. The van der Waals surface area contributed by atoms with Gasteiger partial charge in [-0.05, 0) is 45.0 Å². The molecule has 0 spiro atoms. The summed E-state index contributed by atoms with van der Waals surface area (Å²) in [5.74, 6) is 1.30. The number of hydrogen-bond acceptors (Lipinski definition) is 5. The van der Waals surface area contributed by atoms with Crippen molar-refractivity contribution in [3.8, 4) is 17.2 Å². The molecule has 3 aromatic rings. The fourth-order valence-corrected chi connectivity index (χ4v) is 3.35. The van der Waals surface area contributed by atoms with Gasteiger partial charge in [0.2, 0.25) is 5.91 Å². The van der Waals surface area contributed by atoms with Gasteiger partial charge >= 0.3 is 0 Å². The van der Waals surface area contributed by atoms with E-state index in [0.717, 1.165) is 17.7 Å². The molecule has 1 aliphatic rings. The van der Waals surface area contributed by atoms with Crippen LogP contribution in [0, 0.1) is 6.92 Å². The number of carbonyl (C=O) groups is 2. The third kappa shape index (κ3) is 3.40. The van der Waals surface area contributed by atoms with Gasteiger partial charge in [0.25, 0.3) is 5.91 Å². The monoisotopic (exact) mass is 394 g/mol. The van der Waals surface area contributed by atoms with Crippen LogP contribution >= 0.6 is 0 Å². The number of ether oxygens (including phenoxy) is 2. The number of furan rings is 1. The summed E-state index contributed by atoms with van der Waals surface area (Å²) in [6.45, 7) is 5.44. The van der Waals surface area contributed by atoms with E-state index in [9.17, 15) is 9.59 Å². The number of rotatable bonds is 5. The summed E-state index contributed by atoms with van der Waals surface area (Å²) in [6, 6.07) is 11.0. The molecule has 0 fully saturated rings. The number of nitrogens with one attached hydrogen (secondary N) is 1. The lowest BCUT2D eigenvalue weighted by atomic mass is 10.0. The molecule has 2 amide bonds. The minimum Gasteiger partial charge on any atom is -0.489 e. The van der Waals surface area contributed by atoms with Crippen LogP contribution in [0.15, 0.2) is 40.8 Å². The molecule has 1 aromatic heterocycles. The fraction of sp³-hybridized carbons (Fsp3) is 0.273. The largest absolute Gasteiger partial charge is 0.489 e. The molecule has 0 unspecified atom stereocenters. The first-order valence-corrected chi connectivity index (χ1v) is 9.34. The van der Waals surface area contributed by atoms with Crippen LogP contribution in [-0.4, -0.2) is 24.0 Å². The van der Waals surface area contributed by atoms with Crippen molar-refractivity contribution in [3.05, 3.63) is 53.3 Å². The second kappa shape index (κ2) is 6.84. The Balaban J connectivity index is 1.69. The van der Waals surface area contributed by atoms with Crippen molar-refractivity contribution in [2.45, 2.75) is 32.7 Å². The van der Waals surface area contributed by atoms with Gasteiger partial charge in [-0.3, -0.25) is 9.59 Å². The maximum atomic E-state index is 12.8. The van der Waals surface area contributed by atoms with E-state index < -0.39 is 17.4 Å². The van der Waals surface area contributed by atoms with Crippen LogP contribution < -0.4 is 20.5 Å². The Labute approximate surface area is 167 Å². The molecule has 29 heavy (non-hydrogen) atoms. The Hall–Kier alpha value is -3.48. The molecule has 2 aromatic carbocycles. The molecule has 2 heterocycles. The molecule has 0 saturated carbocycles. The second-order valence-electron chi connectivity index (χ2n) is 7.58. The van der Waals surface area contributed by atoms with E-state index in [1.54, 1.807) is 39.0 Å². The highest BCUT2D eigenvalue weighted by molar-refractivity contribution is 6.09. The lowest BCUT2D eigenvalue weighted by Crippen LogP contribution is -2.53. The first-order chi connectivity index (χ1) is 13.8. The molecule has 3 N–H and O–H groups in total. The Kier molecular flexibility index (Phi) is 4.45. The van der Waals surface area contributed by atoms with Crippen LogP contribution in [0.2, 0.25) is 0 Å². The predicted molar refractivity (Wildman–Crippen MR) is 107 cm³/mol. The lowest BCUT2D eigenvalue weighted by molar-refractivity contribution is -0.122. The van der Waals surface area contributed by atoms with E-state index in [1.807, 2.05) is 18.2 Å². The number of hydrogen-bond donors (Lipinski definition) is 2. The summed E-state index contributed by atoms with van der Waals surface area (Å²) in [5, 5.41) is 3.25. The van der Waals surface area contributed by atoms with Gasteiger partial charge < -0.3 is 24.9 Å². The van der Waals surface area contributed by atoms with Crippen molar-refractivity contribution in [3.63, 3.8) is 0 Å². The smallest absolute Gasteiger partial charge is 0.256 e. The second-order valence-corrected chi connectivity index (χ2v) is 7.58. The maximum absolute atomic E-state index is 12.8. The zero-order valence-corrected chi connectivity index (χ0v) is 16.5. The number of carbonyl (C=O) groups excluding carboxylic acids is 2. The zero-order valence-electron chi connectivity index (χ0n) is 16.5. The van der Waals surface area contributed by atoms with Crippen LogP contribution in [0.25, 0.3) is 11.0 Å². The van der Waals surface area contributed by atoms with Gasteiger partial charge in [-0.1, -0.05) is 12.1 Å². The van der Waals surface area contributed by atoms with E-state index in [4.69, 9.17) is 19.6 Å². The van der Waals surface area contributed by atoms with Crippen molar-refractivity contribution in [1.82, 2.24) is 5.32 Å². The molecule has 7 nitrogen and oxygen atoms in total. The quantitative estimate of drug-likeness (QED) is 0.690. The minimum absolute atomic E-state index is 0.342. The normalized spacial score (nSPS) is 13.1. The molecule has 0 aliphatic carbocycles. The SMILES string of the molecule is Cc1oc2ccc(Oc3cccc4c3OCC4)cc2c1C(=O)NC(C)(C)C(N)=O. The molecule has 0 bridgehead atoms. The lowest BCUT2D eigenvalue weighted by Gasteiger charge is -2.22. The summed E-state index contributed by atoms with van der Waals surface area (Å²) >= 11 is 0. The first-order valence-electron chi connectivity index (χ1n) is 9.34. The predicted octanol–water partition coefficient (Wildman–Crippen LogP) is 3.46. The van der Waals surface area contributed by atoms with Gasteiger partial charge in [0.05, 0.1) is 12.2 Å². The van der Waals surface area contributed by atoms with E-state index in [2.05, 4.69) is 5.32 Å². The van der Waals surface area contributed by atoms with Crippen molar-refractivity contribution < 1.29 is 23.5 Å². The summed E-state index contributed by atoms with van der Waals surface area (Å²) in [7, 11) is 0. The Bertz CT molecular complexity index is 1130. The average molecular weight is 394 g/mol. The highest BCUT2D eigenvalue weighted by atomic mass is 16.5. The average Bonchev–Trinajstić information content (AvgIpc) is 3.25. The molecule has 0 atom stereocenters. The van der Waals surface area contributed by atoms with Crippen LogP contribution in [0.5, 0.6) is 17.2 Å². The molecular weight excluding hydrogens is 372 g/mol. The Morgan fingerprint density at radius 1 is 1.21 bits per heavy atom. The van der Waals surface area contributed by atoms with Crippen molar-refractivity contribution >= 4 is 22.8 Å². The number of amides is 2. The number of nitrogens with two attached hydrogens (primary N) is 1. The van der Waals surface area contributed by atoms with Gasteiger partial charge in [-0.25, -0.2) is 0 Å². The van der Waals surface area contributed by atoms with Crippen LogP contribution in [0.1, 0.15) is 35.5 Å². The van der Waals surface area contributed by atoms with Crippen molar-refractivity contribution in [2.75, 3.05) is 6.61 Å². The number of aryl methyl sites for hydroxylation is 1. The Morgan fingerprint density at radius 3 is 2.76 bits per heavy atom. The van der Waals surface area contributed by atoms with Gasteiger partial charge in [-0.15, -0.1) is 0 Å². The maximum Gasteiger partial charge on any atom is 0.256 e. The number of benzene rings is 2. The van der Waals surface area contributed by atoms with Crippen LogP contribution in [0.3, 0.4) is 0 Å². The zero-order chi connectivity index (χ0) is 20.8. The van der Waals surface area contributed by atoms with Gasteiger partial charge in [0.15, 0.2) is 11.5 Å². The summed E-state index contributed by atoms with van der Waals surface area (Å²) in [4.78, 5) is 24.4. The standard InChI is InChI=1S/C22H22N2O5/c1-12-18(20(25)24-22(2,3)21(23)26)15-11-14(7-8-16(15)28-12)29-17-6-4-5-13-9-10-27-19(13)17/h4-8,11H,9-10H2,1-3H3,(H2,23,26)(H,24,25). The molecule has 7 heteroatoms. The molecule has 0 saturated heterocycles. The van der Waals surface area contributed by atoms with E-state index >= 15 is 0 Å². The third-order valence-electron chi connectivity index (χ3n) is 5.01. The van der Waals surface area contributed by atoms with Gasteiger partial charge in [0, 0.05) is 17.4 Å². The summed E-state index contributed by atoms with van der Waals surface area (Å²) < 4.78 is 17.4. The van der Waals surface area contributed by atoms with Gasteiger partial charge in [0.1, 0.15) is 22.6 Å². The molecule has 1 aliphatic heterocycles. The minimum atomic E-state index is -1.19. The summed E-state index contributed by atoms with van der Waals surface area (Å²) in [6.07, 6.45) is 0.854. The molecule has 4 rings (SSSR count). The molecule has 0 radical (unpaired) electrons. The topological polar surface area (TPSA) is 104 Å². The molecule has 150 valence electrons. The number of para-hydroxylation sites is 1. The van der Waals surface area contributed by atoms with E-state index in [0.29, 0.717) is 40.4 Å². The number of primary amides is 1. The highest BCUT2D eigenvalue weighted by Crippen LogP contribution is 2.39. The first kappa shape index (κ1) is 18.9. The van der Waals surface area contributed by atoms with E-state index in [1.165, 1.54) is 0 Å². The third-order valence-corrected chi connectivity index (χ3v) is 5.01.